The molecule has 0 fully saturated rings. The van der Waals surface area contributed by atoms with Crippen molar-refractivity contribution in [1.29, 1.82) is 0 Å². The summed E-state index contributed by atoms with van der Waals surface area (Å²) in [4.78, 5) is 4.54. The summed E-state index contributed by atoms with van der Waals surface area (Å²) in [7, 11) is 0. The number of nitrogen functional groups attached to an aromatic ring is 1. The first-order chi connectivity index (χ1) is 7.76. The van der Waals surface area contributed by atoms with Gasteiger partial charge in [-0.1, -0.05) is 38.5 Å². The van der Waals surface area contributed by atoms with Crippen LogP contribution < -0.4 is 5.73 Å². The summed E-state index contributed by atoms with van der Waals surface area (Å²) in [6.07, 6.45) is 3.10. The fraction of sp³-hybridized carbons (Fsp3) is 0.357. The third-order valence-electron chi connectivity index (χ3n) is 2.94. The molecule has 1 heterocycles. The standard InChI is InChI=1S/C14H18N2.ClH/c1-3-6-12-9-11-8-5-7-10(4-2)13(11)16-14(12)15;/h5,7-9H,3-4,6H2,1-2H3,(H2,15,16);1H. The first kappa shape index (κ1) is 13.8. The van der Waals surface area contributed by atoms with Crippen LogP contribution in [0.25, 0.3) is 10.9 Å². The number of nitrogens with two attached hydrogens (primary N) is 1. The quantitative estimate of drug-likeness (QED) is 0.901. The highest BCUT2D eigenvalue weighted by atomic mass is 35.5. The number of benzene rings is 1. The number of fused-ring (bicyclic) bond motifs is 1. The van der Waals surface area contributed by atoms with Gasteiger partial charge in [-0.05, 0) is 30.0 Å². The predicted molar refractivity (Wildman–Crippen MR) is 76.8 cm³/mol. The van der Waals surface area contributed by atoms with Crippen LogP contribution in [-0.4, -0.2) is 4.98 Å². The molecule has 2 rings (SSSR count). The van der Waals surface area contributed by atoms with Crippen molar-refractivity contribution in [2.45, 2.75) is 33.1 Å². The minimum Gasteiger partial charge on any atom is -0.383 e. The van der Waals surface area contributed by atoms with Crippen LogP contribution in [0.15, 0.2) is 24.3 Å². The van der Waals surface area contributed by atoms with E-state index in [1.54, 1.807) is 0 Å². The number of hydrogen-bond donors (Lipinski definition) is 1. The average Bonchev–Trinajstić information content (AvgIpc) is 2.30. The molecule has 0 aliphatic carbocycles. The summed E-state index contributed by atoms with van der Waals surface area (Å²) in [6.45, 7) is 4.30. The number of pyridine rings is 1. The number of hydrogen-bond acceptors (Lipinski definition) is 2. The lowest BCUT2D eigenvalue weighted by atomic mass is 10.0. The van der Waals surface area contributed by atoms with Crippen LogP contribution in [-0.2, 0) is 12.8 Å². The number of aryl methyl sites for hydroxylation is 2. The lowest BCUT2D eigenvalue weighted by molar-refractivity contribution is 0.920. The summed E-state index contributed by atoms with van der Waals surface area (Å²) in [5.41, 5.74) is 9.48. The zero-order chi connectivity index (χ0) is 11.5. The molecule has 0 unspecified atom stereocenters. The first-order valence-corrected chi connectivity index (χ1v) is 5.93. The molecule has 2 aromatic rings. The van der Waals surface area contributed by atoms with Crippen molar-refractivity contribution in [3.05, 3.63) is 35.4 Å². The summed E-state index contributed by atoms with van der Waals surface area (Å²) in [5, 5.41) is 1.21. The molecule has 0 spiro atoms. The van der Waals surface area contributed by atoms with Crippen LogP contribution in [0.4, 0.5) is 5.82 Å². The first-order valence-electron chi connectivity index (χ1n) is 5.93. The lowest BCUT2D eigenvalue weighted by Crippen LogP contribution is -1.99. The molecule has 2 N–H and O–H groups in total. The molecule has 0 aliphatic heterocycles. The number of para-hydroxylation sites is 1. The van der Waals surface area contributed by atoms with Gasteiger partial charge in [-0.25, -0.2) is 4.98 Å². The van der Waals surface area contributed by atoms with E-state index in [0.29, 0.717) is 5.82 Å². The Balaban J connectivity index is 0.00000144. The zero-order valence-electron chi connectivity index (χ0n) is 10.4. The summed E-state index contributed by atoms with van der Waals surface area (Å²) in [6, 6.07) is 8.50. The van der Waals surface area contributed by atoms with Gasteiger partial charge in [0.15, 0.2) is 0 Å². The fourth-order valence-electron chi connectivity index (χ4n) is 2.07. The Bertz CT molecular complexity index is 509. The molecule has 1 aromatic carbocycles. The summed E-state index contributed by atoms with van der Waals surface area (Å²) < 4.78 is 0. The minimum atomic E-state index is 0. The SMILES string of the molecule is CCCc1cc2cccc(CC)c2nc1N.Cl. The molecule has 0 bridgehead atoms. The zero-order valence-corrected chi connectivity index (χ0v) is 11.2. The van der Waals surface area contributed by atoms with Gasteiger partial charge in [0, 0.05) is 5.39 Å². The van der Waals surface area contributed by atoms with Crippen LogP contribution in [0.3, 0.4) is 0 Å². The van der Waals surface area contributed by atoms with Crippen molar-refractivity contribution >= 4 is 29.1 Å². The Kier molecular flexibility index (Phi) is 4.76. The molecular weight excluding hydrogens is 232 g/mol. The van der Waals surface area contributed by atoms with Gasteiger partial charge in [0.1, 0.15) is 5.82 Å². The molecule has 3 heteroatoms. The van der Waals surface area contributed by atoms with Gasteiger partial charge < -0.3 is 5.73 Å². The molecule has 0 atom stereocenters. The number of aromatic nitrogens is 1. The van der Waals surface area contributed by atoms with Crippen molar-refractivity contribution in [2.24, 2.45) is 0 Å². The van der Waals surface area contributed by atoms with Crippen molar-refractivity contribution in [2.75, 3.05) is 5.73 Å². The molecular formula is C14H19ClN2. The smallest absolute Gasteiger partial charge is 0.127 e. The molecule has 1 aromatic heterocycles. The van der Waals surface area contributed by atoms with E-state index in [1.807, 2.05) is 0 Å². The Hall–Kier alpha value is -1.28. The second-order valence-corrected chi connectivity index (χ2v) is 4.13. The van der Waals surface area contributed by atoms with E-state index in [2.05, 4.69) is 43.1 Å². The molecule has 0 saturated carbocycles. The number of halogens is 1. The van der Waals surface area contributed by atoms with E-state index in [-0.39, 0.29) is 12.4 Å². The molecule has 0 radical (unpaired) electrons. The van der Waals surface area contributed by atoms with Gasteiger partial charge >= 0.3 is 0 Å². The largest absolute Gasteiger partial charge is 0.383 e. The Morgan fingerprint density at radius 3 is 2.59 bits per heavy atom. The number of anilines is 1. The van der Waals surface area contributed by atoms with Gasteiger partial charge in [0.25, 0.3) is 0 Å². The van der Waals surface area contributed by atoms with Crippen LogP contribution in [0.2, 0.25) is 0 Å². The molecule has 0 saturated heterocycles. The van der Waals surface area contributed by atoms with Crippen LogP contribution in [0.5, 0.6) is 0 Å². The van der Waals surface area contributed by atoms with E-state index in [1.165, 1.54) is 16.5 Å². The van der Waals surface area contributed by atoms with Crippen LogP contribution in [0, 0.1) is 0 Å². The van der Waals surface area contributed by atoms with Gasteiger partial charge in [-0.2, -0.15) is 0 Å². The van der Waals surface area contributed by atoms with Crippen LogP contribution in [0.1, 0.15) is 31.4 Å². The number of nitrogens with zero attached hydrogens (tertiary/aromatic N) is 1. The van der Waals surface area contributed by atoms with Gasteiger partial charge in [-0.3, -0.25) is 0 Å². The van der Waals surface area contributed by atoms with Crippen LogP contribution >= 0.6 is 12.4 Å². The topological polar surface area (TPSA) is 38.9 Å². The molecule has 0 aliphatic rings. The molecule has 17 heavy (non-hydrogen) atoms. The normalized spacial score (nSPS) is 10.2. The maximum atomic E-state index is 5.99. The van der Waals surface area contributed by atoms with E-state index >= 15 is 0 Å². The lowest BCUT2D eigenvalue weighted by Gasteiger charge is -2.08. The van der Waals surface area contributed by atoms with E-state index in [0.717, 1.165) is 24.8 Å². The maximum absolute atomic E-state index is 5.99. The van der Waals surface area contributed by atoms with Gasteiger partial charge in [0.2, 0.25) is 0 Å². The van der Waals surface area contributed by atoms with Crippen molar-refractivity contribution in [3.63, 3.8) is 0 Å². The Morgan fingerprint density at radius 2 is 1.94 bits per heavy atom. The Labute approximate surface area is 109 Å². The second kappa shape index (κ2) is 5.87. The third kappa shape index (κ3) is 2.70. The summed E-state index contributed by atoms with van der Waals surface area (Å²) >= 11 is 0. The fourth-order valence-corrected chi connectivity index (χ4v) is 2.07. The average molecular weight is 251 g/mol. The maximum Gasteiger partial charge on any atom is 0.127 e. The summed E-state index contributed by atoms with van der Waals surface area (Å²) in [5.74, 6) is 0.690. The monoisotopic (exact) mass is 250 g/mol. The number of rotatable bonds is 3. The third-order valence-corrected chi connectivity index (χ3v) is 2.94. The predicted octanol–water partition coefficient (Wildman–Crippen LogP) is 3.75. The van der Waals surface area contributed by atoms with Crippen molar-refractivity contribution in [3.8, 4) is 0 Å². The molecule has 0 amide bonds. The minimum absolute atomic E-state index is 0. The highest BCUT2D eigenvalue weighted by Gasteiger charge is 2.05. The van der Waals surface area contributed by atoms with Crippen molar-refractivity contribution in [1.82, 2.24) is 4.98 Å². The van der Waals surface area contributed by atoms with E-state index in [9.17, 15) is 0 Å². The van der Waals surface area contributed by atoms with Crippen molar-refractivity contribution < 1.29 is 0 Å². The Morgan fingerprint density at radius 1 is 1.18 bits per heavy atom. The highest BCUT2D eigenvalue weighted by Crippen LogP contribution is 2.22. The van der Waals surface area contributed by atoms with Gasteiger partial charge in [0.05, 0.1) is 5.52 Å². The van der Waals surface area contributed by atoms with E-state index in [4.69, 9.17) is 5.73 Å². The molecule has 2 nitrogen and oxygen atoms in total. The second-order valence-electron chi connectivity index (χ2n) is 4.13. The highest BCUT2D eigenvalue weighted by molar-refractivity contribution is 5.85. The molecule has 92 valence electrons. The van der Waals surface area contributed by atoms with Gasteiger partial charge in [-0.15, -0.1) is 12.4 Å². The van der Waals surface area contributed by atoms with E-state index < -0.39 is 0 Å².